The van der Waals surface area contributed by atoms with E-state index in [0.717, 1.165) is 18.8 Å². The number of nitrogens with zero attached hydrogens (tertiary/aromatic N) is 4. The van der Waals surface area contributed by atoms with Crippen molar-refractivity contribution in [2.24, 2.45) is 5.92 Å². The van der Waals surface area contributed by atoms with Crippen LogP contribution in [0.25, 0.3) is 0 Å². The molecule has 0 bridgehead atoms. The van der Waals surface area contributed by atoms with E-state index < -0.39 is 24.0 Å². The van der Waals surface area contributed by atoms with Crippen LogP contribution in [0.15, 0.2) is 48.7 Å². The van der Waals surface area contributed by atoms with Crippen LogP contribution in [-0.2, 0) is 14.3 Å². The molecule has 4 heterocycles. The van der Waals surface area contributed by atoms with Crippen molar-refractivity contribution < 1.29 is 28.6 Å². The van der Waals surface area contributed by atoms with Crippen molar-refractivity contribution >= 4 is 29.2 Å². The van der Waals surface area contributed by atoms with Crippen LogP contribution in [0.2, 0.25) is 0 Å². The summed E-state index contributed by atoms with van der Waals surface area (Å²) >= 11 is 0. The number of ether oxygens (including phenoxy) is 1. The number of amides is 3. The largest absolute Gasteiger partial charge is 0.618 e. The molecule has 0 saturated carbocycles. The molecule has 2 aromatic rings. The lowest BCUT2D eigenvalue weighted by molar-refractivity contribution is -0.608. The summed E-state index contributed by atoms with van der Waals surface area (Å²) < 4.78 is 5.89. The minimum atomic E-state index is -0.819. The Hall–Kier alpha value is -3.99. The normalized spacial score (nSPS) is 21.5. The van der Waals surface area contributed by atoms with Crippen LogP contribution in [0, 0.1) is 11.1 Å². The summed E-state index contributed by atoms with van der Waals surface area (Å²) in [5, 5.41) is 15.0. The van der Waals surface area contributed by atoms with Gasteiger partial charge in [-0.25, -0.2) is 0 Å². The molecule has 11 heteroatoms. The Kier molecular flexibility index (Phi) is 8.02. The van der Waals surface area contributed by atoms with Gasteiger partial charge in [-0.05, 0) is 49.1 Å². The SMILES string of the molecule is CC(C)CC(NC(=O)c1ccc(N2CCOCC2)cc1)C(=O)N1CCC2C1C(=O)CN2C(=O)c1cccc[n+]1[O-]. The fraction of sp³-hybridized carbons (Fsp3) is 0.483. The highest BCUT2D eigenvalue weighted by Crippen LogP contribution is 2.31. The van der Waals surface area contributed by atoms with Crippen LogP contribution < -0.4 is 14.9 Å². The first kappa shape index (κ1) is 27.6. The van der Waals surface area contributed by atoms with Gasteiger partial charge in [-0.3, -0.25) is 19.2 Å². The maximum Gasteiger partial charge on any atom is 0.320 e. The Balaban J connectivity index is 1.28. The molecule has 3 aliphatic heterocycles. The van der Waals surface area contributed by atoms with Crippen LogP contribution in [0.1, 0.15) is 47.5 Å². The van der Waals surface area contributed by atoms with Gasteiger partial charge >= 0.3 is 5.91 Å². The molecule has 3 amide bonds. The summed E-state index contributed by atoms with van der Waals surface area (Å²) in [7, 11) is 0. The smallest absolute Gasteiger partial charge is 0.320 e. The zero-order valence-corrected chi connectivity index (χ0v) is 22.8. The summed E-state index contributed by atoms with van der Waals surface area (Å²) in [6.07, 6.45) is 2.06. The van der Waals surface area contributed by atoms with Crippen LogP contribution in [0.3, 0.4) is 0 Å². The minimum Gasteiger partial charge on any atom is -0.618 e. The van der Waals surface area contributed by atoms with Gasteiger partial charge in [-0.15, -0.1) is 0 Å². The number of pyridine rings is 1. The molecule has 1 N–H and O–H groups in total. The average molecular weight is 550 g/mol. The van der Waals surface area contributed by atoms with E-state index in [2.05, 4.69) is 10.2 Å². The molecule has 1 aromatic heterocycles. The third kappa shape index (κ3) is 5.51. The zero-order chi connectivity index (χ0) is 28.4. The number of hydrogen-bond donors (Lipinski definition) is 1. The number of likely N-dealkylation sites (tertiary alicyclic amines) is 2. The maximum atomic E-state index is 13.8. The topological polar surface area (TPSA) is 126 Å². The summed E-state index contributed by atoms with van der Waals surface area (Å²) in [4.78, 5) is 58.3. The number of ketones is 1. The Morgan fingerprint density at radius 1 is 1.05 bits per heavy atom. The number of aromatic nitrogens is 1. The third-order valence-electron chi connectivity index (χ3n) is 7.83. The molecule has 3 saturated heterocycles. The predicted octanol–water partition coefficient (Wildman–Crippen LogP) is 0.996. The minimum absolute atomic E-state index is 0.0645. The molecule has 0 aliphatic carbocycles. The van der Waals surface area contributed by atoms with E-state index in [9.17, 15) is 24.4 Å². The summed E-state index contributed by atoms with van der Waals surface area (Å²) in [5.41, 5.74) is 1.39. The van der Waals surface area contributed by atoms with Gasteiger partial charge in [-0.1, -0.05) is 13.8 Å². The van der Waals surface area contributed by atoms with Crippen molar-refractivity contribution in [3.8, 4) is 0 Å². The summed E-state index contributed by atoms with van der Waals surface area (Å²) in [6.45, 7) is 6.97. The lowest BCUT2D eigenvalue weighted by Gasteiger charge is -2.29. The molecule has 0 spiro atoms. The highest BCUT2D eigenvalue weighted by molar-refractivity contribution is 6.02. The van der Waals surface area contributed by atoms with Gasteiger partial charge in [0, 0.05) is 43.0 Å². The van der Waals surface area contributed by atoms with Gasteiger partial charge in [0.1, 0.15) is 12.1 Å². The van der Waals surface area contributed by atoms with Crippen LogP contribution in [-0.4, -0.2) is 90.8 Å². The fourth-order valence-electron chi connectivity index (χ4n) is 5.86. The fourth-order valence-corrected chi connectivity index (χ4v) is 5.86. The Morgan fingerprint density at radius 2 is 1.77 bits per heavy atom. The second-order valence-electron chi connectivity index (χ2n) is 10.9. The van der Waals surface area contributed by atoms with E-state index in [-0.39, 0.29) is 42.3 Å². The number of rotatable bonds is 7. The predicted molar refractivity (Wildman–Crippen MR) is 146 cm³/mol. The van der Waals surface area contributed by atoms with E-state index in [1.54, 1.807) is 18.2 Å². The molecule has 40 heavy (non-hydrogen) atoms. The molecular formula is C29H35N5O6. The van der Waals surface area contributed by atoms with Gasteiger partial charge in [-0.2, -0.15) is 4.73 Å². The molecule has 3 fully saturated rings. The second kappa shape index (κ2) is 11.6. The van der Waals surface area contributed by atoms with E-state index in [1.165, 1.54) is 28.1 Å². The van der Waals surface area contributed by atoms with Crippen molar-refractivity contribution in [2.45, 2.75) is 44.8 Å². The molecule has 11 nitrogen and oxygen atoms in total. The number of hydrogen-bond acceptors (Lipinski definition) is 7. The van der Waals surface area contributed by atoms with Crippen molar-refractivity contribution in [3.63, 3.8) is 0 Å². The van der Waals surface area contributed by atoms with Crippen molar-refractivity contribution in [1.82, 2.24) is 15.1 Å². The Bertz CT molecular complexity index is 1280. The van der Waals surface area contributed by atoms with Crippen LogP contribution >= 0.6 is 0 Å². The average Bonchev–Trinajstić information content (AvgIpc) is 3.54. The van der Waals surface area contributed by atoms with Crippen molar-refractivity contribution in [3.05, 3.63) is 65.1 Å². The van der Waals surface area contributed by atoms with Gasteiger partial charge in [0.05, 0.1) is 25.8 Å². The monoisotopic (exact) mass is 549 g/mol. The zero-order valence-electron chi connectivity index (χ0n) is 22.8. The van der Waals surface area contributed by atoms with Gasteiger partial charge in [0.15, 0.2) is 12.0 Å². The molecule has 3 unspecified atom stereocenters. The number of Topliss-reactive ketones (excluding diaryl/α,β-unsaturated/α-hetero) is 1. The molecule has 0 radical (unpaired) electrons. The number of anilines is 1. The van der Waals surface area contributed by atoms with Crippen molar-refractivity contribution in [1.29, 1.82) is 0 Å². The van der Waals surface area contributed by atoms with E-state index >= 15 is 0 Å². The Morgan fingerprint density at radius 3 is 2.45 bits per heavy atom. The number of nitrogens with one attached hydrogen (secondary N) is 1. The molecule has 5 rings (SSSR count). The van der Waals surface area contributed by atoms with E-state index in [4.69, 9.17) is 4.74 Å². The van der Waals surface area contributed by atoms with Gasteiger partial charge in [0.2, 0.25) is 5.91 Å². The number of carbonyl (C=O) groups excluding carboxylic acids is 4. The summed E-state index contributed by atoms with van der Waals surface area (Å²) in [6, 6.07) is 9.71. The van der Waals surface area contributed by atoms with Gasteiger partial charge < -0.3 is 30.0 Å². The molecule has 1 aromatic carbocycles. The van der Waals surface area contributed by atoms with Crippen LogP contribution in [0.4, 0.5) is 5.69 Å². The Labute approximate surface area is 233 Å². The van der Waals surface area contributed by atoms with E-state index in [0.29, 0.717) is 36.3 Å². The maximum absolute atomic E-state index is 13.8. The highest BCUT2D eigenvalue weighted by atomic mass is 16.5. The highest BCUT2D eigenvalue weighted by Gasteiger charge is 2.53. The lowest BCUT2D eigenvalue weighted by Crippen LogP contribution is -2.53. The number of fused-ring (bicyclic) bond motifs is 1. The lowest BCUT2D eigenvalue weighted by atomic mass is 10.0. The number of benzene rings is 1. The van der Waals surface area contributed by atoms with Crippen LogP contribution in [0.5, 0.6) is 0 Å². The van der Waals surface area contributed by atoms with Crippen molar-refractivity contribution in [2.75, 3.05) is 44.3 Å². The molecule has 212 valence electrons. The first-order chi connectivity index (χ1) is 19.2. The summed E-state index contributed by atoms with van der Waals surface area (Å²) in [5.74, 6) is -1.36. The molecule has 3 aliphatic rings. The first-order valence-electron chi connectivity index (χ1n) is 13.8. The first-order valence-corrected chi connectivity index (χ1v) is 13.8. The molecular weight excluding hydrogens is 514 g/mol. The standard InChI is InChI=1S/C29H35N5O6/c1-19(2)17-22(30-27(36)20-6-8-21(9-7-20)31-13-15-40-16-14-31)28(37)32-12-10-23-26(32)25(35)18-33(23)29(38)24-5-3-4-11-34(24)39/h3-9,11,19,22-23,26H,10,12-18H2,1-2H3,(H,30,36). The number of carbonyl (C=O) groups is 4. The van der Waals surface area contributed by atoms with E-state index in [1.807, 2.05) is 26.0 Å². The second-order valence-corrected chi connectivity index (χ2v) is 10.9. The third-order valence-corrected chi connectivity index (χ3v) is 7.83. The molecule has 3 atom stereocenters. The van der Waals surface area contributed by atoms with Gasteiger partial charge in [0.25, 0.3) is 11.6 Å². The quantitative estimate of drug-likeness (QED) is 0.403. The number of morpholine rings is 1.